The molecule has 0 aliphatic rings. The van der Waals surface area contributed by atoms with Gasteiger partial charge in [-0.25, -0.2) is 10.5 Å². The number of benzene rings is 2. The van der Waals surface area contributed by atoms with Gasteiger partial charge in [0.1, 0.15) is 5.69 Å². The summed E-state index contributed by atoms with van der Waals surface area (Å²) < 4.78 is 1.72. The summed E-state index contributed by atoms with van der Waals surface area (Å²) in [6, 6.07) is 19.3. The average molecular weight is 347 g/mol. The molecular formula is C20H21N5O. The third-order valence-corrected chi connectivity index (χ3v) is 3.80. The zero-order valence-electron chi connectivity index (χ0n) is 14.6. The van der Waals surface area contributed by atoms with Crippen LogP contribution in [0, 0.1) is 0 Å². The molecule has 0 saturated heterocycles. The first kappa shape index (κ1) is 17.6. The monoisotopic (exact) mass is 347 g/mol. The minimum atomic E-state index is -0.0645. The minimum absolute atomic E-state index is 0.0645. The van der Waals surface area contributed by atoms with Crippen molar-refractivity contribution in [2.75, 3.05) is 7.05 Å². The van der Waals surface area contributed by atoms with Crippen molar-refractivity contribution in [2.24, 2.45) is 10.8 Å². The Morgan fingerprint density at radius 1 is 1.12 bits per heavy atom. The first-order chi connectivity index (χ1) is 12.6. The topological polar surface area (TPSA) is 76.5 Å². The molecule has 0 fully saturated rings. The van der Waals surface area contributed by atoms with Gasteiger partial charge in [-0.1, -0.05) is 42.5 Å². The van der Waals surface area contributed by atoms with E-state index in [1.807, 2.05) is 54.6 Å². The summed E-state index contributed by atoms with van der Waals surface area (Å²) in [7, 11) is 1.72. The van der Waals surface area contributed by atoms with Crippen LogP contribution < -0.4 is 11.3 Å². The molecule has 0 saturated carbocycles. The summed E-state index contributed by atoms with van der Waals surface area (Å²) in [5, 5.41) is 5.91. The van der Waals surface area contributed by atoms with Crippen molar-refractivity contribution < 1.29 is 0 Å². The highest BCUT2D eigenvalue weighted by Gasteiger charge is 2.06. The molecule has 1 aromatic heterocycles. The van der Waals surface area contributed by atoms with Crippen molar-refractivity contribution in [3.63, 3.8) is 0 Å². The number of hydrogen-bond donors (Lipinski definition) is 1. The maximum Gasteiger partial charge on any atom is 0.203 e. The number of rotatable bonds is 6. The van der Waals surface area contributed by atoms with E-state index in [1.54, 1.807) is 30.3 Å². The lowest BCUT2D eigenvalue weighted by Gasteiger charge is -2.08. The number of nitrogens with two attached hydrogens (primary N) is 1. The fraction of sp³-hybridized carbons (Fsp3) is 0.150. The Hall–Kier alpha value is -3.25. The van der Waals surface area contributed by atoms with Gasteiger partial charge in [0.25, 0.3) is 0 Å². The molecule has 0 bridgehead atoms. The molecule has 3 rings (SSSR count). The third-order valence-electron chi connectivity index (χ3n) is 3.80. The molecule has 0 radical (unpaired) electrons. The van der Waals surface area contributed by atoms with Crippen LogP contribution in [0.3, 0.4) is 0 Å². The van der Waals surface area contributed by atoms with E-state index in [2.05, 4.69) is 10.1 Å². The Kier molecular flexibility index (Phi) is 5.56. The fourth-order valence-electron chi connectivity index (χ4n) is 2.60. The summed E-state index contributed by atoms with van der Waals surface area (Å²) in [6.07, 6.45) is 3.74. The second-order valence-corrected chi connectivity index (χ2v) is 6.03. The van der Waals surface area contributed by atoms with Crippen LogP contribution in [0.1, 0.15) is 16.8 Å². The molecule has 0 aliphatic carbocycles. The number of aliphatic imine (C=N–C) groups is 1. The molecule has 1 heterocycles. The van der Waals surface area contributed by atoms with Crippen LogP contribution in [0.5, 0.6) is 0 Å². The Morgan fingerprint density at radius 3 is 2.65 bits per heavy atom. The SMILES string of the molecule is CN(N)C=NCc1cccc(Cc2nn(-c3ccccc3)ccc2=O)c1. The van der Waals surface area contributed by atoms with Gasteiger partial charge >= 0.3 is 0 Å². The van der Waals surface area contributed by atoms with Crippen LogP contribution >= 0.6 is 0 Å². The highest BCUT2D eigenvalue weighted by atomic mass is 16.1. The van der Waals surface area contributed by atoms with Gasteiger partial charge in [0.15, 0.2) is 0 Å². The van der Waals surface area contributed by atoms with Crippen molar-refractivity contribution >= 4 is 6.34 Å². The van der Waals surface area contributed by atoms with Gasteiger partial charge in [0, 0.05) is 25.7 Å². The first-order valence-electron chi connectivity index (χ1n) is 8.31. The first-order valence-corrected chi connectivity index (χ1v) is 8.31. The van der Waals surface area contributed by atoms with Crippen LogP contribution in [0.15, 0.2) is 76.6 Å². The predicted molar refractivity (Wildman–Crippen MR) is 103 cm³/mol. The predicted octanol–water partition coefficient (Wildman–Crippen LogP) is 2.16. The molecule has 6 nitrogen and oxygen atoms in total. The summed E-state index contributed by atoms with van der Waals surface area (Å²) >= 11 is 0. The molecule has 3 aromatic rings. The highest BCUT2D eigenvalue weighted by Crippen LogP contribution is 2.10. The summed E-state index contributed by atoms with van der Waals surface area (Å²) in [6.45, 7) is 0.534. The van der Waals surface area contributed by atoms with E-state index in [0.29, 0.717) is 18.7 Å². The van der Waals surface area contributed by atoms with E-state index in [0.717, 1.165) is 16.8 Å². The standard InChI is InChI=1S/C20H21N5O/c1-24(21)15-22-14-17-7-5-6-16(12-17)13-19-20(26)10-11-25(23-19)18-8-3-2-4-9-18/h2-12,15H,13-14,21H2,1H3. The maximum atomic E-state index is 12.2. The molecule has 2 aromatic carbocycles. The smallest absolute Gasteiger partial charge is 0.203 e. The number of para-hydroxylation sites is 1. The normalized spacial score (nSPS) is 11.0. The van der Waals surface area contributed by atoms with Gasteiger partial charge in [0.2, 0.25) is 5.43 Å². The van der Waals surface area contributed by atoms with Gasteiger partial charge in [-0.3, -0.25) is 9.79 Å². The molecule has 2 N–H and O–H groups in total. The minimum Gasteiger partial charge on any atom is -0.304 e. The summed E-state index contributed by atoms with van der Waals surface area (Å²) in [5.41, 5.74) is 3.45. The Bertz CT molecular complexity index is 948. The molecular weight excluding hydrogens is 326 g/mol. The number of aromatic nitrogens is 2. The van der Waals surface area contributed by atoms with Crippen LogP contribution in [-0.4, -0.2) is 28.2 Å². The van der Waals surface area contributed by atoms with E-state index < -0.39 is 0 Å². The van der Waals surface area contributed by atoms with Crippen molar-refractivity contribution in [3.05, 3.63) is 93.9 Å². The van der Waals surface area contributed by atoms with E-state index in [4.69, 9.17) is 5.84 Å². The van der Waals surface area contributed by atoms with Crippen LogP contribution in [0.2, 0.25) is 0 Å². The number of nitrogens with zero attached hydrogens (tertiary/aromatic N) is 4. The van der Waals surface area contributed by atoms with Crippen molar-refractivity contribution in [1.82, 2.24) is 14.8 Å². The van der Waals surface area contributed by atoms with Gasteiger partial charge in [-0.05, 0) is 23.3 Å². The lowest BCUT2D eigenvalue weighted by atomic mass is 10.1. The molecule has 0 atom stereocenters. The Labute approximate surface area is 152 Å². The summed E-state index contributed by atoms with van der Waals surface area (Å²) in [5.74, 6) is 5.51. The molecule has 0 spiro atoms. The van der Waals surface area contributed by atoms with Gasteiger partial charge in [-0.2, -0.15) is 5.10 Å². The van der Waals surface area contributed by atoms with E-state index in [-0.39, 0.29) is 5.43 Å². The van der Waals surface area contributed by atoms with Gasteiger partial charge < -0.3 is 5.01 Å². The Morgan fingerprint density at radius 2 is 1.88 bits per heavy atom. The zero-order chi connectivity index (χ0) is 18.4. The molecule has 0 unspecified atom stereocenters. The van der Waals surface area contributed by atoms with Crippen LogP contribution in [0.4, 0.5) is 0 Å². The van der Waals surface area contributed by atoms with E-state index in [1.165, 1.54) is 5.01 Å². The van der Waals surface area contributed by atoms with E-state index >= 15 is 0 Å². The molecule has 132 valence electrons. The maximum absolute atomic E-state index is 12.2. The highest BCUT2D eigenvalue weighted by molar-refractivity contribution is 5.53. The van der Waals surface area contributed by atoms with Gasteiger partial charge in [0.05, 0.1) is 18.6 Å². The van der Waals surface area contributed by atoms with Crippen molar-refractivity contribution in [2.45, 2.75) is 13.0 Å². The van der Waals surface area contributed by atoms with Crippen LogP contribution in [-0.2, 0) is 13.0 Å². The molecule has 6 heteroatoms. The second kappa shape index (κ2) is 8.22. The third kappa shape index (κ3) is 4.64. The van der Waals surface area contributed by atoms with Crippen molar-refractivity contribution in [3.8, 4) is 5.69 Å². The largest absolute Gasteiger partial charge is 0.304 e. The van der Waals surface area contributed by atoms with Crippen LogP contribution in [0.25, 0.3) is 5.69 Å². The van der Waals surface area contributed by atoms with E-state index in [9.17, 15) is 4.79 Å². The molecule has 26 heavy (non-hydrogen) atoms. The lowest BCUT2D eigenvalue weighted by molar-refractivity contribution is 0.553. The fourth-order valence-corrected chi connectivity index (χ4v) is 2.60. The molecule has 0 aliphatic heterocycles. The Balaban J connectivity index is 1.82. The average Bonchev–Trinajstić information content (AvgIpc) is 2.64. The number of hydrazine groups is 1. The van der Waals surface area contributed by atoms with Crippen molar-refractivity contribution in [1.29, 1.82) is 0 Å². The van der Waals surface area contributed by atoms with Gasteiger partial charge in [-0.15, -0.1) is 0 Å². The quantitative estimate of drug-likeness (QED) is 0.321. The zero-order valence-corrected chi connectivity index (χ0v) is 14.6. The number of hydrogen-bond acceptors (Lipinski definition) is 4. The molecule has 0 amide bonds. The lowest BCUT2D eigenvalue weighted by Crippen LogP contribution is -2.23. The second-order valence-electron chi connectivity index (χ2n) is 6.03. The summed E-state index contributed by atoms with van der Waals surface area (Å²) in [4.78, 5) is 16.5.